The van der Waals surface area contributed by atoms with Crippen molar-refractivity contribution in [3.05, 3.63) is 64.2 Å². The van der Waals surface area contributed by atoms with Crippen LogP contribution >= 0.6 is 11.6 Å². The summed E-state index contributed by atoms with van der Waals surface area (Å²) in [5.74, 6) is -1.93. The number of rotatable bonds is 5. The first-order valence-corrected chi connectivity index (χ1v) is 7.25. The van der Waals surface area contributed by atoms with Crippen LogP contribution in [0, 0.1) is 0 Å². The van der Waals surface area contributed by atoms with Gasteiger partial charge in [-0.2, -0.15) is 0 Å². The Morgan fingerprint density at radius 2 is 1.83 bits per heavy atom. The second-order valence-corrected chi connectivity index (χ2v) is 5.38. The van der Waals surface area contributed by atoms with Crippen LogP contribution in [0.25, 0.3) is 0 Å². The number of aliphatic carboxylic acids is 1. The minimum absolute atomic E-state index is 0. The second kappa shape index (κ2) is 8.50. The molecule has 1 atom stereocenters. The average molecular weight is 342 g/mol. The predicted octanol–water partition coefficient (Wildman–Crippen LogP) is 0.848. The van der Waals surface area contributed by atoms with Crippen LogP contribution < -0.4 is 35.3 Å². The fourth-order valence-electron chi connectivity index (χ4n) is 2.37. The topological polar surface area (TPSA) is 80.4 Å². The molecule has 0 aliphatic rings. The van der Waals surface area contributed by atoms with Gasteiger partial charge in [0.25, 0.3) is 0 Å². The zero-order valence-electron chi connectivity index (χ0n) is 14.0. The Morgan fingerprint density at radius 3 is 2.35 bits per heavy atom. The summed E-state index contributed by atoms with van der Waals surface area (Å²) in [7, 11) is 0. The van der Waals surface area contributed by atoms with E-state index < -0.39 is 11.9 Å². The number of hydrogen-bond acceptors (Lipinski definition) is 3. The van der Waals surface area contributed by atoms with Gasteiger partial charge >= 0.3 is 35.5 Å². The Bertz CT molecular complexity index is 722. The summed E-state index contributed by atoms with van der Waals surface area (Å²) in [5.41, 5.74) is 7.50. The molecular formula is C17H17ClNNaO3. The van der Waals surface area contributed by atoms with Crippen molar-refractivity contribution in [3.63, 3.8) is 0 Å². The molecule has 23 heavy (non-hydrogen) atoms. The van der Waals surface area contributed by atoms with Gasteiger partial charge in [0.2, 0.25) is 0 Å². The van der Waals surface area contributed by atoms with Crippen LogP contribution in [0.3, 0.4) is 0 Å². The number of carbonyl (C=O) groups is 2. The molecule has 0 saturated heterocycles. The average Bonchev–Trinajstić information content (AvgIpc) is 2.49. The number of carboxylic acids is 1. The van der Waals surface area contributed by atoms with Crippen LogP contribution in [0.1, 0.15) is 42.2 Å². The summed E-state index contributed by atoms with van der Waals surface area (Å²) in [5, 5.41) is 9.81. The van der Waals surface area contributed by atoms with Crippen molar-refractivity contribution in [2.24, 2.45) is 0 Å². The first kappa shape index (κ1) is 19.7. The minimum Gasteiger partial charge on any atom is -1.00 e. The fourth-order valence-corrected chi connectivity index (χ4v) is 2.50. The maximum Gasteiger partial charge on any atom is 1.00 e. The quantitative estimate of drug-likeness (QED) is 0.480. The van der Waals surface area contributed by atoms with Crippen molar-refractivity contribution in [1.29, 1.82) is 0 Å². The van der Waals surface area contributed by atoms with Crippen molar-refractivity contribution in [2.45, 2.75) is 19.3 Å². The third kappa shape index (κ3) is 4.36. The van der Waals surface area contributed by atoms with E-state index in [0.29, 0.717) is 28.1 Å². The molecule has 4 nitrogen and oxygen atoms in total. The van der Waals surface area contributed by atoms with Crippen molar-refractivity contribution in [2.75, 3.05) is 5.73 Å². The van der Waals surface area contributed by atoms with E-state index in [0.717, 1.165) is 0 Å². The monoisotopic (exact) mass is 341 g/mol. The molecule has 2 aromatic carbocycles. The fraction of sp³-hybridized carbons (Fsp3) is 0.176. The normalized spacial score (nSPS) is 11.4. The third-order valence-corrected chi connectivity index (χ3v) is 3.82. The molecule has 0 heterocycles. The number of nitrogens with two attached hydrogens (primary N) is 1. The molecule has 3 N–H and O–H groups in total. The predicted molar refractivity (Wildman–Crippen MR) is 87.5 cm³/mol. The number of anilines is 1. The molecule has 0 aliphatic heterocycles. The summed E-state index contributed by atoms with van der Waals surface area (Å²) in [4.78, 5) is 23.9. The molecule has 0 fully saturated rings. The van der Waals surface area contributed by atoms with Crippen LogP contribution in [0.4, 0.5) is 5.69 Å². The van der Waals surface area contributed by atoms with E-state index in [1.807, 2.05) is 0 Å². The molecule has 0 bridgehead atoms. The van der Waals surface area contributed by atoms with Gasteiger partial charge in [0, 0.05) is 21.8 Å². The summed E-state index contributed by atoms with van der Waals surface area (Å²) < 4.78 is 0. The van der Waals surface area contributed by atoms with E-state index in [-0.39, 0.29) is 42.5 Å². The first-order chi connectivity index (χ1) is 10.5. The Kier molecular flexibility index (Phi) is 7.29. The van der Waals surface area contributed by atoms with E-state index >= 15 is 0 Å². The van der Waals surface area contributed by atoms with Crippen LogP contribution in [-0.2, 0) is 4.79 Å². The molecule has 0 aromatic heterocycles. The van der Waals surface area contributed by atoms with E-state index in [1.54, 1.807) is 49.4 Å². The SMILES string of the molecule is CCC(C(=O)O)c1cccc(C(=O)c2ccc(Cl)cc2)c1N.[H-].[Na+]. The number of hydrogen-bond donors (Lipinski definition) is 2. The standard InChI is InChI=1S/C17H16ClNO3.Na.H/c1-2-12(17(21)22)13-4-3-5-14(15(13)19)16(20)10-6-8-11(18)9-7-10;;/h3-9,12H,2,19H2,1H3,(H,21,22);;/q;+1;-1. The van der Waals surface area contributed by atoms with Gasteiger partial charge in [-0.05, 0) is 42.3 Å². The Morgan fingerprint density at radius 1 is 1.22 bits per heavy atom. The molecule has 6 heteroatoms. The van der Waals surface area contributed by atoms with Gasteiger partial charge in [0.05, 0.1) is 5.92 Å². The van der Waals surface area contributed by atoms with Gasteiger partial charge < -0.3 is 12.3 Å². The molecule has 0 aliphatic carbocycles. The van der Waals surface area contributed by atoms with Gasteiger partial charge in [-0.3, -0.25) is 9.59 Å². The maximum atomic E-state index is 12.5. The molecule has 1 unspecified atom stereocenters. The number of benzene rings is 2. The number of nitrogen functional groups attached to an aromatic ring is 1. The van der Waals surface area contributed by atoms with Crippen LogP contribution in [-0.4, -0.2) is 16.9 Å². The maximum absolute atomic E-state index is 12.5. The number of halogens is 1. The number of carboxylic acid groups (broad SMARTS) is 1. The summed E-state index contributed by atoms with van der Waals surface area (Å²) in [6.45, 7) is 1.77. The summed E-state index contributed by atoms with van der Waals surface area (Å²) in [6, 6.07) is 11.4. The molecular weight excluding hydrogens is 325 g/mol. The molecule has 2 aromatic rings. The van der Waals surface area contributed by atoms with E-state index in [9.17, 15) is 14.7 Å². The van der Waals surface area contributed by atoms with Gasteiger partial charge in [0.1, 0.15) is 0 Å². The molecule has 116 valence electrons. The molecule has 0 saturated carbocycles. The van der Waals surface area contributed by atoms with Crippen LogP contribution in [0.5, 0.6) is 0 Å². The number of ketones is 1. The smallest absolute Gasteiger partial charge is 1.00 e. The van der Waals surface area contributed by atoms with Crippen LogP contribution in [0.2, 0.25) is 5.02 Å². The molecule has 0 radical (unpaired) electrons. The Hall–Kier alpha value is -1.33. The van der Waals surface area contributed by atoms with Crippen molar-refractivity contribution >= 4 is 29.0 Å². The van der Waals surface area contributed by atoms with Gasteiger partial charge in [-0.15, -0.1) is 0 Å². The first-order valence-electron chi connectivity index (χ1n) is 6.87. The van der Waals surface area contributed by atoms with Crippen LogP contribution in [0.15, 0.2) is 42.5 Å². The van der Waals surface area contributed by atoms with Crippen molar-refractivity contribution < 1.29 is 45.7 Å². The summed E-state index contributed by atoms with van der Waals surface area (Å²) in [6.07, 6.45) is 0.401. The number of para-hydroxylation sites is 1. The van der Waals surface area contributed by atoms with E-state index in [4.69, 9.17) is 17.3 Å². The van der Waals surface area contributed by atoms with Crippen molar-refractivity contribution in [3.8, 4) is 0 Å². The van der Waals surface area contributed by atoms with E-state index in [2.05, 4.69) is 0 Å². The largest absolute Gasteiger partial charge is 1.00 e. The zero-order chi connectivity index (χ0) is 16.3. The Labute approximate surface area is 163 Å². The minimum atomic E-state index is -0.953. The molecule has 0 amide bonds. The van der Waals surface area contributed by atoms with Gasteiger partial charge in [-0.25, -0.2) is 0 Å². The number of carbonyl (C=O) groups excluding carboxylic acids is 1. The Balaban J connectivity index is 0.00000264. The third-order valence-electron chi connectivity index (χ3n) is 3.57. The zero-order valence-corrected chi connectivity index (χ0v) is 15.8. The van der Waals surface area contributed by atoms with Gasteiger partial charge in [-0.1, -0.05) is 30.7 Å². The van der Waals surface area contributed by atoms with Crippen molar-refractivity contribution in [1.82, 2.24) is 0 Å². The van der Waals surface area contributed by atoms with Gasteiger partial charge in [0.15, 0.2) is 5.78 Å². The second-order valence-electron chi connectivity index (χ2n) is 4.94. The summed E-state index contributed by atoms with van der Waals surface area (Å²) >= 11 is 5.81. The van der Waals surface area contributed by atoms with E-state index in [1.165, 1.54) is 0 Å². The molecule has 2 rings (SSSR count). The molecule has 0 spiro atoms.